The fraction of sp³-hybridized carbons (Fsp3) is 0.138. The molecule has 0 unspecified atom stereocenters. The van der Waals surface area contributed by atoms with E-state index in [4.69, 9.17) is 19.3 Å². The zero-order valence-corrected chi connectivity index (χ0v) is 18.8. The van der Waals surface area contributed by atoms with E-state index < -0.39 is 5.97 Å². The first-order valence-corrected chi connectivity index (χ1v) is 11.1. The number of carboxylic acids is 1. The molecule has 5 nitrogen and oxygen atoms in total. The van der Waals surface area contributed by atoms with E-state index in [0.717, 1.165) is 39.3 Å². The van der Waals surface area contributed by atoms with E-state index in [1.54, 1.807) is 18.2 Å². The highest BCUT2D eigenvalue weighted by Crippen LogP contribution is 2.37. The number of carboxylic acid groups (broad SMARTS) is 1. The van der Waals surface area contributed by atoms with Gasteiger partial charge in [0.1, 0.15) is 25.6 Å². The lowest BCUT2D eigenvalue weighted by Gasteiger charge is -2.20. The van der Waals surface area contributed by atoms with Gasteiger partial charge in [-0.15, -0.1) is 0 Å². The Balaban J connectivity index is 1.35. The molecule has 0 spiro atoms. The molecule has 0 radical (unpaired) electrons. The van der Waals surface area contributed by atoms with Crippen LogP contribution in [0.25, 0.3) is 22.3 Å². The first-order chi connectivity index (χ1) is 16.6. The second kappa shape index (κ2) is 9.32. The van der Waals surface area contributed by atoms with Crippen molar-refractivity contribution in [2.45, 2.75) is 13.5 Å². The van der Waals surface area contributed by atoms with Crippen LogP contribution in [0.5, 0.6) is 17.2 Å². The highest BCUT2D eigenvalue weighted by atomic mass is 16.6. The lowest BCUT2D eigenvalue weighted by Crippen LogP contribution is -2.15. The van der Waals surface area contributed by atoms with Crippen molar-refractivity contribution in [2.75, 3.05) is 13.2 Å². The molecule has 0 atom stereocenters. The summed E-state index contributed by atoms with van der Waals surface area (Å²) in [5.74, 6) is 1.14. The minimum Gasteiger partial charge on any atom is -0.489 e. The maximum Gasteiger partial charge on any atom is 0.335 e. The highest BCUT2D eigenvalue weighted by Gasteiger charge is 2.14. The van der Waals surface area contributed by atoms with Crippen LogP contribution in [0.1, 0.15) is 21.5 Å². The van der Waals surface area contributed by atoms with Crippen molar-refractivity contribution in [3.8, 4) is 39.5 Å². The Morgan fingerprint density at radius 3 is 2.26 bits per heavy atom. The van der Waals surface area contributed by atoms with Crippen LogP contribution in [0.15, 0.2) is 84.9 Å². The van der Waals surface area contributed by atoms with Crippen molar-refractivity contribution >= 4 is 5.97 Å². The van der Waals surface area contributed by atoms with Crippen LogP contribution in [0.2, 0.25) is 0 Å². The Labute approximate surface area is 198 Å². The van der Waals surface area contributed by atoms with Gasteiger partial charge < -0.3 is 19.3 Å². The second-order valence-electron chi connectivity index (χ2n) is 8.16. The van der Waals surface area contributed by atoms with E-state index in [1.807, 2.05) is 24.3 Å². The molecule has 0 amide bonds. The van der Waals surface area contributed by atoms with E-state index in [9.17, 15) is 4.79 Å². The van der Waals surface area contributed by atoms with Crippen LogP contribution < -0.4 is 14.2 Å². The standard InChI is InChI=1S/C29H24O5/c1-19-25(6-3-7-26(19)22-12-13-27-28(17-22)33-15-14-32-27)21-10-8-20(9-11-21)18-34-24-5-2-4-23(16-24)29(30)31/h2-13,16-17H,14-15,18H2,1H3,(H,30,31). The molecule has 34 heavy (non-hydrogen) atoms. The number of fused-ring (bicyclic) bond motifs is 1. The molecule has 1 aliphatic rings. The Morgan fingerprint density at radius 1 is 0.824 bits per heavy atom. The van der Waals surface area contributed by atoms with E-state index in [-0.39, 0.29) is 5.56 Å². The third kappa shape index (κ3) is 4.46. The topological polar surface area (TPSA) is 65.0 Å². The Bertz CT molecular complexity index is 1340. The first kappa shape index (κ1) is 21.6. The normalized spacial score (nSPS) is 12.3. The summed E-state index contributed by atoms with van der Waals surface area (Å²) in [6.45, 7) is 3.64. The van der Waals surface area contributed by atoms with Crippen LogP contribution in [-0.4, -0.2) is 24.3 Å². The highest BCUT2D eigenvalue weighted by molar-refractivity contribution is 5.88. The average molecular weight is 453 g/mol. The van der Waals surface area contributed by atoms with Crippen LogP contribution in [0.3, 0.4) is 0 Å². The number of carbonyl (C=O) groups is 1. The van der Waals surface area contributed by atoms with E-state index >= 15 is 0 Å². The van der Waals surface area contributed by atoms with Gasteiger partial charge in [0, 0.05) is 0 Å². The summed E-state index contributed by atoms with van der Waals surface area (Å²) >= 11 is 0. The monoisotopic (exact) mass is 452 g/mol. The molecule has 0 bridgehead atoms. The fourth-order valence-corrected chi connectivity index (χ4v) is 4.14. The molecule has 5 heteroatoms. The van der Waals surface area contributed by atoms with Crippen molar-refractivity contribution in [3.05, 3.63) is 102 Å². The first-order valence-electron chi connectivity index (χ1n) is 11.1. The number of aromatic carboxylic acids is 1. The predicted molar refractivity (Wildman–Crippen MR) is 131 cm³/mol. The molecule has 4 aromatic rings. The predicted octanol–water partition coefficient (Wildman–Crippen LogP) is 6.38. The van der Waals surface area contributed by atoms with Crippen molar-refractivity contribution in [1.29, 1.82) is 0 Å². The summed E-state index contributed by atoms with van der Waals surface area (Å²) in [5.41, 5.74) is 6.93. The Morgan fingerprint density at radius 2 is 1.50 bits per heavy atom. The SMILES string of the molecule is Cc1c(-c2ccc(COc3cccc(C(=O)O)c3)cc2)cccc1-c1ccc2c(c1)OCCO2. The van der Waals surface area contributed by atoms with Crippen LogP contribution >= 0.6 is 0 Å². The summed E-state index contributed by atoms with van der Waals surface area (Å²) in [5, 5.41) is 9.13. The molecule has 0 saturated carbocycles. The average Bonchev–Trinajstić information content (AvgIpc) is 2.88. The zero-order chi connectivity index (χ0) is 23.5. The summed E-state index contributed by atoms with van der Waals surface area (Å²) in [6, 6.07) is 27.2. The molecular weight excluding hydrogens is 428 g/mol. The smallest absolute Gasteiger partial charge is 0.335 e. The van der Waals surface area contributed by atoms with Gasteiger partial charge in [0.2, 0.25) is 0 Å². The number of rotatable bonds is 6. The molecule has 1 heterocycles. The lowest BCUT2D eigenvalue weighted by atomic mass is 9.92. The molecule has 0 aromatic heterocycles. The van der Waals surface area contributed by atoms with E-state index in [0.29, 0.717) is 25.6 Å². The van der Waals surface area contributed by atoms with Gasteiger partial charge in [-0.25, -0.2) is 4.79 Å². The number of ether oxygens (including phenoxy) is 3. The molecule has 0 aliphatic carbocycles. The lowest BCUT2D eigenvalue weighted by molar-refractivity contribution is 0.0696. The molecule has 1 N–H and O–H groups in total. The molecule has 0 fully saturated rings. The summed E-state index contributed by atoms with van der Waals surface area (Å²) < 4.78 is 17.2. The number of benzene rings is 4. The Kier molecular flexibility index (Phi) is 5.91. The molecular formula is C29H24O5. The number of hydrogen-bond acceptors (Lipinski definition) is 4. The number of hydrogen-bond donors (Lipinski definition) is 1. The summed E-state index contributed by atoms with van der Waals surface area (Å²) in [7, 11) is 0. The van der Waals surface area contributed by atoms with Gasteiger partial charge in [-0.2, -0.15) is 0 Å². The maximum atomic E-state index is 11.1. The zero-order valence-electron chi connectivity index (χ0n) is 18.8. The molecule has 4 aromatic carbocycles. The van der Waals surface area contributed by atoms with Gasteiger partial charge in [0.15, 0.2) is 11.5 Å². The minimum atomic E-state index is -0.969. The van der Waals surface area contributed by atoms with Crippen LogP contribution in [-0.2, 0) is 6.61 Å². The van der Waals surface area contributed by atoms with E-state index in [1.165, 1.54) is 11.6 Å². The van der Waals surface area contributed by atoms with Gasteiger partial charge in [-0.3, -0.25) is 0 Å². The van der Waals surface area contributed by atoms with E-state index in [2.05, 4.69) is 43.3 Å². The van der Waals surface area contributed by atoms with Crippen molar-refractivity contribution in [1.82, 2.24) is 0 Å². The van der Waals surface area contributed by atoms with Crippen molar-refractivity contribution < 1.29 is 24.1 Å². The molecule has 170 valence electrons. The van der Waals surface area contributed by atoms with Crippen molar-refractivity contribution in [3.63, 3.8) is 0 Å². The summed E-state index contributed by atoms with van der Waals surface area (Å²) in [6.07, 6.45) is 0. The van der Waals surface area contributed by atoms with Crippen molar-refractivity contribution in [2.24, 2.45) is 0 Å². The largest absolute Gasteiger partial charge is 0.489 e. The molecule has 1 aliphatic heterocycles. The summed E-state index contributed by atoms with van der Waals surface area (Å²) in [4.78, 5) is 11.1. The van der Waals surface area contributed by atoms with Gasteiger partial charge in [-0.05, 0) is 70.6 Å². The van der Waals surface area contributed by atoms with Gasteiger partial charge in [0.05, 0.1) is 5.56 Å². The van der Waals surface area contributed by atoms with Gasteiger partial charge >= 0.3 is 5.97 Å². The second-order valence-corrected chi connectivity index (χ2v) is 8.16. The third-order valence-electron chi connectivity index (χ3n) is 5.94. The quantitative estimate of drug-likeness (QED) is 0.368. The minimum absolute atomic E-state index is 0.209. The van der Waals surface area contributed by atoms with Crippen LogP contribution in [0.4, 0.5) is 0 Å². The van der Waals surface area contributed by atoms with Gasteiger partial charge in [-0.1, -0.05) is 54.6 Å². The Hall–Kier alpha value is -4.25. The maximum absolute atomic E-state index is 11.1. The molecule has 5 rings (SSSR count). The third-order valence-corrected chi connectivity index (χ3v) is 5.94. The van der Waals surface area contributed by atoms with Crippen LogP contribution in [0, 0.1) is 6.92 Å². The molecule has 0 saturated heterocycles. The fourth-order valence-electron chi connectivity index (χ4n) is 4.14. The van der Waals surface area contributed by atoms with Gasteiger partial charge in [0.25, 0.3) is 0 Å².